The van der Waals surface area contributed by atoms with E-state index in [-0.39, 0.29) is 0 Å². The van der Waals surface area contributed by atoms with E-state index in [1.165, 1.54) is 15.6 Å². The van der Waals surface area contributed by atoms with Crippen molar-refractivity contribution in [1.82, 2.24) is 4.90 Å². The zero-order valence-corrected chi connectivity index (χ0v) is 11.9. The molecule has 1 aliphatic rings. The van der Waals surface area contributed by atoms with Gasteiger partial charge in [-0.1, -0.05) is 28.1 Å². The van der Waals surface area contributed by atoms with Crippen molar-refractivity contribution in [2.45, 2.75) is 26.3 Å². The Kier molecular flexibility index (Phi) is 4.60. The van der Waals surface area contributed by atoms with Gasteiger partial charge in [0.05, 0.1) is 0 Å². The van der Waals surface area contributed by atoms with E-state index in [0.29, 0.717) is 12.5 Å². The Morgan fingerprint density at radius 1 is 1.35 bits per heavy atom. The largest absolute Gasteiger partial charge is 0.396 e. The number of hydrogen-bond acceptors (Lipinski definition) is 2. The van der Waals surface area contributed by atoms with Crippen LogP contribution in [0, 0.1) is 12.8 Å². The topological polar surface area (TPSA) is 23.5 Å². The summed E-state index contributed by atoms with van der Waals surface area (Å²) < 4.78 is 1.19. The van der Waals surface area contributed by atoms with Crippen LogP contribution in [-0.4, -0.2) is 29.7 Å². The molecule has 0 spiro atoms. The molecule has 0 aromatic heterocycles. The second kappa shape index (κ2) is 5.98. The average Bonchev–Trinajstić information content (AvgIpc) is 2.36. The van der Waals surface area contributed by atoms with Crippen LogP contribution in [0.3, 0.4) is 0 Å². The minimum atomic E-state index is 0.351. The lowest BCUT2D eigenvalue weighted by Crippen LogP contribution is -2.34. The summed E-state index contributed by atoms with van der Waals surface area (Å²) in [7, 11) is 0. The molecule has 1 fully saturated rings. The van der Waals surface area contributed by atoms with Crippen molar-refractivity contribution in [3.05, 3.63) is 33.8 Å². The molecule has 0 bridgehead atoms. The molecule has 1 N–H and O–H groups in total. The number of aliphatic hydroxyl groups excluding tert-OH is 1. The van der Waals surface area contributed by atoms with Crippen LogP contribution in [0.15, 0.2) is 22.7 Å². The third-order valence-corrected chi connectivity index (χ3v) is 4.60. The van der Waals surface area contributed by atoms with Crippen molar-refractivity contribution >= 4 is 15.9 Å². The SMILES string of the molecule is Cc1c(Br)cccc1CN1CCC(CO)CC1. The van der Waals surface area contributed by atoms with Gasteiger partial charge in [0.15, 0.2) is 0 Å². The van der Waals surface area contributed by atoms with Gasteiger partial charge in [-0.05, 0) is 56.0 Å². The lowest BCUT2D eigenvalue weighted by atomic mass is 9.97. The van der Waals surface area contributed by atoms with E-state index in [2.05, 4.69) is 46.0 Å². The van der Waals surface area contributed by atoms with Gasteiger partial charge in [-0.2, -0.15) is 0 Å². The molecular weight excluding hydrogens is 278 g/mol. The van der Waals surface area contributed by atoms with E-state index in [1.54, 1.807) is 0 Å². The summed E-state index contributed by atoms with van der Waals surface area (Å²) in [5.74, 6) is 0.523. The average molecular weight is 298 g/mol. The third kappa shape index (κ3) is 3.30. The Hall–Kier alpha value is -0.380. The summed E-state index contributed by atoms with van der Waals surface area (Å²) in [6, 6.07) is 6.40. The van der Waals surface area contributed by atoms with Crippen molar-refractivity contribution < 1.29 is 5.11 Å². The predicted molar refractivity (Wildman–Crippen MR) is 74.0 cm³/mol. The normalized spacial score (nSPS) is 18.5. The number of nitrogens with zero attached hydrogens (tertiary/aromatic N) is 1. The Morgan fingerprint density at radius 3 is 2.71 bits per heavy atom. The molecule has 17 heavy (non-hydrogen) atoms. The first-order valence-electron chi connectivity index (χ1n) is 6.28. The zero-order chi connectivity index (χ0) is 12.3. The first kappa shape index (κ1) is 13.1. The number of likely N-dealkylation sites (tertiary alicyclic amines) is 1. The summed E-state index contributed by atoms with van der Waals surface area (Å²) in [5.41, 5.74) is 2.75. The number of benzene rings is 1. The highest BCUT2D eigenvalue weighted by molar-refractivity contribution is 9.10. The van der Waals surface area contributed by atoms with Gasteiger partial charge in [0, 0.05) is 17.6 Å². The molecule has 0 saturated carbocycles. The fourth-order valence-corrected chi connectivity index (χ4v) is 2.80. The van der Waals surface area contributed by atoms with Crippen molar-refractivity contribution in [2.24, 2.45) is 5.92 Å². The molecule has 3 heteroatoms. The Bertz CT molecular complexity index is 372. The van der Waals surface area contributed by atoms with E-state index in [0.717, 1.165) is 32.5 Å². The van der Waals surface area contributed by atoms with Crippen molar-refractivity contribution in [1.29, 1.82) is 0 Å². The monoisotopic (exact) mass is 297 g/mol. The molecule has 0 amide bonds. The number of rotatable bonds is 3. The first-order chi connectivity index (χ1) is 8.20. The number of halogens is 1. The second-order valence-corrected chi connectivity index (χ2v) is 5.78. The highest BCUT2D eigenvalue weighted by Gasteiger charge is 2.18. The van der Waals surface area contributed by atoms with Crippen LogP contribution < -0.4 is 0 Å². The Balaban J connectivity index is 1.95. The van der Waals surface area contributed by atoms with Crippen LogP contribution >= 0.6 is 15.9 Å². The maximum absolute atomic E-state index is 9.12. The molecule has 0 aliphatic carbocycles. The molecule has 0 atom stereocenters. The Morgan fingerprint density at radius 2 is 2.06 bits per heavy atom. The minimum Gasteiger partial charge on any atom is -0.396 e. The fraction of sp³-hybridized carbons (Fsp3) is 0.571. The van der Waals surface area contributed by atoms with E-state index in [1.807, 2.05) is 0 Å². The quantitative estimate of drug-likeness (QED) is 0.927. The van der Waals surface area contributed by atoms with Gasteiger partial charge in [0.25, 0.3) is 0 Å². The van der Waals surface area contributed by atoms with Crippen LogP contribution in [0.2, 0.25) is 0 Å². The highest BCUT2D eigenvalue weighted by Crippen LogP contribution is 2.23. The van der Waals surface area contributed by atoms with Crippen molar-refractivity contribution in [3.8, 4) is 0 Å². The zero-order valence-electron chi connectivity index (χ0n) is 10.3. The molecule has 1 aromatic rings. The first-order valence-corrected chi connectivity index (χ1v) is 7.07. The van der Waals surface area contributed by atoms with E-state index < -0.39 is 0 Å². The maximum atomic E-state index is 9.12. The molecule has 0 radical (unpaired) electrons. The van der Waals surface area contributed by atoms with E-state index in [4.69, 9.17) is 5.11 Å². The number of hydrogen-bond donors (Lipinski definition) is 1. The van der Waals surface area contributed by atoms with Crippen LogP contribution in [0.5, 0.6) is 0 Å². The van der Waals surface area contributed by atoms with Gasteiger partial charge >= 0.3 is 0 Å². The predicted octanol–water partition coefficient (Wildman–Crippen LogP) is 2.96. The van der Waals surface area contributed by atoms with Crippen LogP contribution in [0.25, 0.3) is 0 Å². The standard InChI is InChI=1S/C14H20BrNO/c1-11-13(3-2-4-14(11)15)9-16-7-5-12(10-17)6-8-16/h2-4,12,17H,5-10H2,1H3. The molecular formula is C14H20BrNO. The van der Waals surface area contributed by atoms with Gasteiger partial charge in [0.1, 0.15) is 0 Å². The molecule has 94 valence electrons. The second-order valence-electron chi connectivity index (χ2n) is 4.93. The fourth-order valence-electron chi connectivity index (χ4n) is 2.39. The maximum Gasteiger partial charge on any atom is 0.0460 e. The molecule has 1 saturated heterocycles. The molecule has 0 unspecified atom stereocenters. The summed E-state index contributed by atoms with van der Waals surface area (Å²) in [5, 5.41) is 9.12. The molecule has 1 aliphatic heterocycles. The van der Waals surface area contributed by atoms with Gasteiger partial charge in [-0.25, -0.2) is 0 Å². The number of piperidine rings is 1. The minimum absolute atomic E-state index is 0.351. The van der Waals surface area contributed by atoms with Gasteiger partial charge in [-0.3, -0.25) is 4.90 Å². The van der Waals surface area contributed by atoms with Gasteiger partial charge in [0.2, 0.25) is 0 Å². The molecule has 1 aromatic carbocycles. The third-order valence-electron chi connectivity index (χ3n) is 3.74. The molecule has 2 nitrogen and oxygen atoms in total. The van der Waals surface area contributed by atoms with E-state index in [9.17, 15) is 0 Å². The van der Waals surface area contributed by atoms with Crippen LogP contribution in [0.1, 0.15) is 24.0 Å². The summed E-state index contributed by atoms with van der Waals surface area (Å²) in [6.07, 6.45) is 2.26. The molecule has 1 heterocycles. The smallest absolute Gasteiger partial charge is 0.0460 e. The summed E-state index contributed by atoms with van der Waals surface area (Å²) >= 11 is 3.58. The van der Waals surface area contributed by atoms with Gasteiger partial charge < -0.3 is 5.11 Å². The lowest BCUT2D eigenvalue weighted by molar-refractivity contribution is 0.127. The van der Waals surface area contributed by atoms with Crippen molar-refractivity contribution in [3.63, 3.8) is 0 Å². The molecule has 2 rings (SSSR count). The van der Waals surface area contributed by atoms with Gasteiger partial charge in [-0.15, -0.1) is 0 Å². The number of aliphatic hydroxyl groups is 1. The lowest BCUT2D eigenvalue weighted by Gasteiger charge is -2.31. The Labute approximate surface area is 112 Å². The summed E-state index contributed by atoms with van der Waals surface area (Å²) in [4.78, 5) is 2.49. The van der Waals surface area contributed by atoms with E-state index >= 15 is 0 Å². The summed E-state index contributed by atoms with van der Waals surface area (Å²) in [6.45, 7) is 5.77. The van der Waals surface area contributed by atoms with Crippen LogP contribution in [0.4, 0.5) is 0 Å². The van der Waals surface area contributed by atoms with Crippen LogP contribution in [-0.2, 0) is 6.54 Å². The van der Waals surface area contributed by atoms with Crippen molar-refractivity contribution in [2.75, 3.05) is 19.7 Å². The highest BCUT2D eigenvalue weighted by atomic mass is 79.9.